The fraction of sp³-hybridized carbons (Fsp3) is 0. The van der Waals surface area contributed by atoms with Crippen LogP contribution in [-0.2, 0) is 0 Å². The van der Waals surface area contributed by atoms with E-state index in [0.717, 1.165) is 0 Å². The van der Waals surface area contributed by atoms with Crippen LogP contribution >= 0.6 is 11.6 Å². The lowest BCUT2D eigenvalue weighted by Gasteiger charge is -2.10. The first-order valence-corrected chi connectivity index (χ1v) is 8.23. The number of aromatic nitrogens is 3. The number of hydrogen-bond donors (Lipinski definition) is 2. The molecule has 0 bridgehead atoms. The molecule has 0 saturated carbocycles. The van der Waals surface area contributed by atoms with Crippen LogP contribution in [0, 0.1) is 0 Å². The van der Waals surface area contributed by atoms with Crippen molar-refractivity contribution in [2.75, 3.05) is 0 Å². The molecule has 0 amide bonds. The largest absolute Gasteiger partial charge is 0.508 e. The molecule has 0 unspecified atom stereocenters. The van der Waals surface area contributed by atoms with Crippen LogP contribution in [0.3, 0.4) is 0 Å². The van der Waals surface area contributed by atoms with Gasteiger partial charge in [0.15, 0.2) is 0 Å². The fourth-order valence-corrected chi connectivity index (χ4v) is 2.65. The van der Waals surface area contributed by atoms with Gasteiger partial charge in [0.25, 0.3) is 0 Å². The van der Waals surface area contributed by atoms with Crippen molar-refractivity contribution in [3.63, 3.8) is 0 Å². The van der Waals surface area contributed by atoms with E-state index in [0.29, 0.717) is 22.3 Å². The Kier molecular flexibility index (Phi) is 4.35. The molecule has 7 nitrogen and oxygen atoms in total. The van der Waals surface area contributed by atoms with Crippen LogP contribution in [0.25, 0.3) is 10.8 Å². The van der Waals surface area contributed by atoms with E-state index in [1.165, 1.54) is 18.2 Å². The van der Waals surface area contributed by atoms with Crippen molar-refractivity contribution in [2.24, 2.45) is 0 Å². The fourth-order valence-electron chi connectivity index (χ4n) is 2.50. The van der Waals surface area contributed by atoms with Crippen molar-refractivity contribution < 1.29 is 19.7 Å². The molecule has 0 aliphatic heterocycles. The zero-order valence-electron chi connectivity index (χ0n) is 13.7. The Morgan fingerprint density at radius 3 is 2.26 bits per heavy atom. The summed E-state index contributed by atoms with van der Waals surface area (Å²) >= 11 is 5.95. The third-order valence-electron chi connectivity index (χ3n) is 3.66. The molecule has 0 aliphatic carbocycles. The molecule has 134 valence electrons. The molecule has 0 radical (unpaired) electrons. The van der Waals surface area contributed by atoms with Crippen LogP contribution in [0.1, 0.15) is 0 Å². The maximum absolute atomic E-state index is 9.98. The molecular formula is C19H12ClN3O4. The van der Waals surface area contributed by atoms with Crippen molar-refractivity contribution in [3.05, 3.63) is 65.9 Å². The maximum atomic E-state index is 9.98. The number of aromatic hydroxyl groups is 2. The number of halogens is 1. The smallest absolute Gasteiger partial charge is 0.329 e. The summed E-state index contributed by atoms with van der Waals surface area (Å²) in [7, 11) is 0. The monoisotopic (exact) mass is 381 g/mol. The predicted octanol–water partition coefficient (Wildman–Crippen LogP) is 4.67. The van der Waals surface area contributed by atoms with Crippen molar-refractivity contribution in [1.82, 2.24) is 15.0 Å². The summed E-state index contributed by atoms with van der Waals surface area (Å²) in [6.45, 7) is 0. The number of nitrogens with zero attached hydrogens (tertiary/aromatic N) is 3. The minimum Gasteiger partial charge on any atom is -0.508 e. The number of phenols is 2. The van der Waals surface area contributed by atoms with Gasteiger partial charge in [-0.1, -0.05) is 30.3 Å². The number of fused-ring (bicyclic) bond motifs is 1. The van der Waals surface area contributed by atoms with Crippen LogP contribution in [0.2, 0.25) is 5.28 Å². The number of benzene rings is 3. The SMILES string of the molecule is Oc1cccc(Oc2nc(Cl)nc(Oc3ccc(O)c4ccccc34)n2)c1. The van der Waals surface area contributed by atoms with Gasteiger partial charge >= 0.3 is 12.0 Å². The zero-order chi connectivity index (χ0) is 18.8. The summed E-state index contributed by atoms with van der Waals surface area (Å²) < 4.78 is 11.2. The van der Waals surface area contributed by atoms with Crippen molar-refractivity contribution in [2.45, 2.75) is 0 Å². The summed E-state index contributed by atoms with van der Waals surface area (Å²) in [6.07, 6.45) is 0. The molecule has 8 heteroatoms. The van der Waals surface area contributed by atoms with Crippen LogP contribution in [-0.4, -0.2) is 25.2 Å². The average Bonchev–Trinajstić information content (AvgIpc) is 2.64. The minimum atomic E-state index is -0.113. The van der Waals surface area contributed by atoms with Crippen molar-refractivity contribution >= 4 is 22.4 Å². The Bertz CT molecular complexity index is 1140. The van der Waals surface area contributed by atoms with Crippen LogP contribution in [0.15, 0.2) is 60.7 Å². The lowest BCUT2D eigenvalue weighted by atomic mass is 10.1. The molecule has 27 heavy (non-hydrogen) atoms. The normalized spacial score (nSPS) is 10.7. The first-order valence-electron chi connectivity index (χ1n) is 7.85. The summed E-state index contributed by atoms with van der Waals surface area (Å²) in [6, 6.07) is 16.3. The standard InChI is InChI=1S/C19H12ClN3O4/c20-17-21-18(26-12-5-3-4-11(24)10-12)23-19(22-17)27-16-9-8-15(25)13-6-1-2-7-14(13)16/h1-10,24-25H. The number of ether oxygens (including phenoxy) is 2. The maximum Gasteiger partial charge on any atom is 0.329 e. The Morgan fingerprint density at radius 2 is 1.48 bits per heavy atom. The lowest BCUT2D eigenvalue weighted by Crippen LogP contribution is -1.99. The highest BCUT2D eigenvalue weighted by molar-refractivity contribution is 6.28. The molecular weight excluding hydrogens is 370 g/mol. The highest BCUT2D eigenvalue weighted by Crippen LogP contribution is 2.34. The van der Waals surface area contributed by atoms with Gasteiger partial charge in [-0.3, -0.25) is 0 Å². The summed E-state index contributed by atoms with van der Waals surface area (Å²) in [5, 5.41) is 20.7. The molecule has 0 spiro atoms. The van der Waals surface area contributed by atoms with E-state index in [4.69, 9.17) is 21.1 Å². The number of rotatable bonds is 4. The number of hydrogen-bond acceptors (Lipinski definition) is 7. The van der Waals surface area contributed by atoms with Crippen LogP contribution < -0.4 is 9.47 Å². The topological polar surface area (TPSA) is 97.6 Å². The van der Waals surface area contributed by atoms with Gasteiger partial charge in [0, 0.05) is 16.8 Å². The average molecular weight is 382 g/mol. The molecule has 4 rings (SSSR count). The molecule has 3 aromatic carbocycles. The predicted molar refractivity (Wildman–Crippen MR) is 98.7 cm³/mol. The van der Waals surface area contributed by atoms with Crippen LogP contribution in [0.4, 0.5) is 0 Å². The summed E-state index contributed by atoms with van der Waals surface area (Å²) in [5.74, 6) is 0.950. The quantitative estimate of drug-likeness (QED) is 0.529. The minimum absolute atomic E-state index is 0.0414. The molecule has 0 fully saturated rings. The molecule has 2 N–H and O–H groups in total. The summed E-state index contributed by atoms with van der Waals surface area (Å²) in [4.78, 5) is 11.9. The molecule has 4 aromatic rings. The second-order valence-electron chi connectivity index (χ2n) is 5.50. The van der Waals surface area contributed by atoms with Gasteiger partial charge < -0.3 is 19.7 Å². The third kappa shape index (κ3) is 3.68. The van der Waals surface area contributed by atoms with Gasteiger partial charge in [-0.2, -0.15) is 9.97 Å². The molecule has 0 atom stereocenters. The first kappa shape index (κ1) is 16.9. The highest BCUT2D eigenvalue weighted by Gasteiger charge is 2.12. The van der Waals surface area contributed by atoms with Crippen molar-refractivity contribution in [3.8, 4) is 35.0 Å². The van der Waals surface area contributed by atoms with Gasteiger partial charge in [0.05, 0.1) is 0 Å². The Hall–Kier alpha value is -3.58. The molecule has 1 heterocycles. The van der Waals surface area contributed by atoms with E-state index in [1.807, 2.05) is 12.1 Å². The van der Waals surface area contributed by atoms with Gasteiger partial charge in [-0.05, 0) is 35.9 Å². The van der Waals surface area contributed by atoms with E-state index in [9.17, 15) is 10.2 Å². The van der Waals surface area contributed by atoms with Gasteiger partial charge in [-0.25, -0.2) is 0 Å². The first-order chi connectivity index (χ1) is 13.1. The Labute approximate surface area is 158 Å². The Balaban J connectivity index is 1.67. The van der Waals surface area contributed by atoms with Crippen LogP contribution in [0.5, 0.6) is 35.0 Å². The lowest BCUT2D eigenvalue weighted by molar-refractivity contribution is 0.396. The molecule has 0 saturated heterocycles. The zero-order valence-corrected chi connectivity index (χ0v) is 14.5. The Morgan fingerprint density at radius 1 is 0.741 bits per heavy atom. The van der Waals surface area contributed by atoms with E-state index in [1.54, 1.807) is 30.3 Å². The third-order valence-corrected chi connectivity index (χ3v) is 3.83. The van der Waals surface area contributed by atoms with E-state index >= 15 is 0 Å². The van der Waals surface area contributed by atoms with E-state index < -0.39 is 0 Å². The second-order valence-corrected chi connectivity index (χ2v) is 5.84. The van der Waals surface area contributed by atoms with E-state index in [-0.39, 0.29) is 28.8 Å². The van der Waals surface area contributed by atoms with Gasteiger partial charge in [0.2, 0.25) is 5.28 Å². The van der Waals surface area contributed by atoms with Gasteiger partial charge in [-0.15, -0.1) is 4.98 Å². The number of phenolic OH excluding ortho intramolecular Hbond substituents is 2. The highest BCUT2D eigenvalue weighted by atomic mass is 35.5. The van der Waals surface area contributed by atoms with Crippen molar-refractivity contribution in [1.29, 1.82) is 0 Å². The second kappa shape index (κ2) is 6.97. The molecule has 0 aliphatic rings. The van der Waals surface area contributed by atoms with Gasteiger partial charge in [0.1, 0.15) is 23.0 Å². The van der Waals surface area contributed by atoms with E-state index in [2.05, 4.69) is 15.0 Å². The molecule has 1 aromatic heterocycles. The summed E-state index contributed by atoms with van der Waals surface area (Å²) in [5.41, 5.74) is 0.